The van der Waals surface area contributed by atoms with Gasteiger partial charge in [-0.3, -0.25) is 9.69 Å². The number of halogens is 1. The van der Waals surface area contributed by atoms with E-state index in [1.807, 2.05) is 51.3 Å². The van der Waals surface area contributed by atoms with Crippen LogP contribution in [-0.4, -0.2) is 59.9 Å². The molecule has 6 rings (SSSR count). The van der Waals surface area contributed by atoms with Crippen LogP contribution in [0.4, 0.5) is 10.1 Å². The van der Waals surface area contributed by atoms with Crippen LogP contribution in [-0.2, 0) is 11.2 Å². The number of aromatic nitrogens is 2. The number of ether oxygens (including phenoxy) is 1. The molecule has 0 unspecified atom stereocenters. The second kappa shape index (κ2) is 11.6. The lowest BCUT2D eigenvalue weighted by Crippen LogP contribution is -2.49. The maximum atomic E-state index is 16.8. The first-order chi connectivity index (χ1) is 19.4. The zero-order chi connectivity index (χ0) is 28.6. The van der Waals surface area contributed by atoms with Gasteiger partial charge in [0.25, 0.3) is 0 Å². The van der Waals surface area contributed by atoms with Crippen molar-refractivity contribution in [2.75, 3.05) is 44.3 Å². The summed E-state index contributed by atoms with van der Waals surface area (Å²) in [6, 6.07) is 9.78. The predicted molar refractivity (Wildman–Crippen MR) is 161 cm³/mol. The van der Waals surface area contributed by atoms with E-state index in [0.717, 1.165) is 63.2 Å². The van der Waals surface area contributed by atoms with Crippen LogP contribution >= 0.6 is 0 Å². The number of aryl methyl sites for hydroxylation is 1. The number of piperidine rings is 1. The fourth-order valence-electron chi connectivity index (χ4n) is 6.53. The Morgan fingerprint density at radius 2 is 1.80 bits per heavy atom. The number of hydrogen-bond donors (Lipinski definition) is 1. The molecule has 4 heterocycles. The van der Waals surface area contributed by atoms with Gasteiger partial charge in [-0.15, -0.1) is 0 Å². The Bertz CT molecular complexity index is 1630. The molecule has 0 aliphatic carbocycles. The maximum absolute atomic E-state index is 16.8. The first-order valence-corrected chi connectivity index (χ1v) is 14.7. The summed E-state index contributed by atoms with van der Waals surface area (Å²) in [4.78, 5) is 22.0. The van der Waals surface area contributed by atoms with Crippen molar-refractivity contribution in [2.45, 2.75) is 66.0 Å². The van der Waals surface area contributed by atoms with E-state index in [4.69, 9.17) is 4.74 Å². The number of fused-ring (bicyclic) bond motifs is 4. The highest BCUT2D eigenvalue weighted by Crippen LogP contribution is 2.37. The topological polar surface area (TPSA) is 77.3 Å². The molecule has 2 aliphatic rings. The summed E-state index contributed by atoms with van der Waals surface area (Å²) in [5.41, 5.74) is 3.51. The standard InChI is InChI=1S/C30H34FN5O2.C2H6/c1-4-20-16-23-28(26(31)27(20)35-9-7-21(8-10-35)34-11-13-38-14-12-34)36(18(2)3)30-25(29(23)37)22-6-5-19(17-32)15-24(22)33-30;1-2/h5-6,15-16,18,21,33H,4,7-14H2,1-3H3;1-2H3. The predicted octanol–water partition coefficient (Wildman–Crippen LogP) is 6.12. The molecule has 0 amide bonds. The van der Waals surface area contributed by atoms with Crippen LogP contribution in [0, 0.1) is 17.1 Å². The SMILES string of the molecule is CC.CCc1cc2c(=O)c3c4ccc(C#N)cc4[nH]c3n(C(C)C)c2c(F)c1N1CCC(N2CCOCC2)CC1. The molecule has 7 nitrogen and oxygen atoms in total. The van der Waals surface area contributed by atoms with Crippen LogP contribution in [0.5, 0.6) is 0 Å². The molecule has 1 N–H and O–H groups in total. The van der Waals surface area contributed by atoms with E-state index in [-0.39, 0.29) is 17.3 Å². The van der Waals surface area contributed by atoms with Gasteiger partial charge in [-0.25, -0.2) is 4.39 Å². The molecule has 0 bridgehead atoms. The van der Waals surface area contributed by atoms with Crippen molar-refractivity contribution in [3.8, 4) is 6.07 Å². The van der Waals surface area contributed by atoms with Gasteiger partial charge in [0.2, 0.25) is 0 Å². The van der Waals surface area contributed by atoms with Gasteiger partial charge in [-0.1, -0.05) is 26.8 Å². The van der Waals surface area contributed by atoms with E-state index in [1.54, 1.807) is 12.1 Å². The lowest BCUT2D eigenvalue weighted by atomic mass is 9.98. The largest absolute Gasteiger partial charge is 0.379 e. The Kier molecular flexibility index (Phi) is 8.16. The molecule has 2 aromatic heterocycles. The smallest absolute Gasteiger partial charge is 0.199 e. The van der Waals surface area contributed by atoms with E-state index in [9.17, 15) is 10.1 Å². The summed E-state index contributed by atoms with van der Waals surface area (Å²) in [6.45, 7) is 15.1. The third-order valence-electron chi connectivity index (χ3n) is 8.40. The van der Waals surface area contributed by atoms with Crippen molar-refractivity contribution in [3.63, 3.8) is 0 Å². The van der Waals surface area contributed by atoms with Crippen molar-refractivity contribution in [3.05, 3.63) is 51.4 Å². The number of aromatic amines is 1. The average Bonchev–Trinajstić information content (AvgIpc) is 3.37. The molecule has 8 heteroatoms. The van der Waals surface area contributed by atoms with Gasteiger partial charge < -0.3 is 19.2 Å². The highest BCUT2D eigenvalue weighted by Gasteiger charge is 2.30. The quantitative estimate of drug-likeness (QED) is 0.334. The molecular weight excluding hydrogens is 505 g/mol. The summed E-state index contributed by atoms with van der Waals surface area (Å²) < 4.78 is 24.2. The average molecular weight is 546 g/mol. The highest BCUT2D eigenvalue weighted by molar-refractivity contribution is 6.10. The fourth-order valence-corrected chi connectivity index (χ4v) is 6.53. The molecule has 0 atom stereocenters. The van der Waals surface area contributed by atoms with E-state index in [2.05, 4.69) is 20.9 Å². The van der Waals surface area contributed by atoms with Crippen LogP contribution in [0.25, 0.3) is 32.8 Å². The lowest BCUT2D eigenvalue weighted by Gasteiger charge is -2.41. The minimum absolute atomic E-state index is 0.0917. The number of benzene rings is 2. The highest BCUT2D eigenvalue weighted by atomic mass is 19.1. The lowest BCUT2D eigenvalue weighted by molar-refractivity contribution is 0.0115. The van der Waals surface area contributed by atoms with Crippen molar-refractivity contribution < 1.29 is 9.13 Å². The zero-order valence-electron chi connectivity index (χ0n) is 24.3. The second-order valence-electron chi connectivity index (χ2n) is 10.8. The summed E-state index contributed by atoms with van der Waals surface area (Å²) in [7, 11) is 0. The Hall–Kier alpha value is -3.41. The van der Waals surface area contributed by atoms with Gasteiger partial charge >= 0.3 is 0 Å². The Morgan fingerprint density at radius 1 is 1.10 bits per heavy atom. The number of anilines is 1. The number of nitrogens with zero attached hydrogens (tertiary/aromatic N) is 4. The number of nitrogens with one attached hydrogen (secondary N) is 1. The normalized spacial score (nSPS) is 17.0. The van der Waals surface area contributed by atoms with E-state index in [1.165, 1.54) is 0 Å². The minimum Gasteiger partial charge on any atom is -0.379 e. The van der Waals surface area contributed by atoms with Crippen LogP contribution < -0.4 is 10.3 Å². The number of rotatable bonds is 4. The Balaban J connectivity index is 0.00000158. The number of hydrogen-bond acceptors (Lipinski definition) is 5. The fraction of sp³-hybridized carbons (Fsp3) is 0.500. The van der Waals surface area contributed by atoms with Gasteiger partial charge in [-0.05, 0) is 56.9 Å². The summed E-state index contributed by atoms with van der Waals surface area (Å²) in [5, 5.41) is 11.1. The summed E-state index contributed by atoms with van der Waals surface area (Å²) >= 11 is 0. The van der Waals surface area contributed by atoms with Crippen molar-refractivity contribution in [1.82, 2.24) is 14.5 Å². The van der Waals surface area contributed by atoms with Crippen LogP contribution in [0.1, 0.15) is 64.6 Å². The molecule has 0 radical (unpaired) electrons. The van der Waals surface area contributed by atoms with Gasteiger partial charge in [0, 0.05) is 54.6 Å². The second-order valence-corrected chi connectivity index (χ2v) is 10.8. The number of H-pyrrole nitrogens is 1. The first kappa shape index (κ1) is 28.1. The molecule has 212 valence electrons. The molecule has 40 heavy (non-hydrogen) atoms. The van der Waals surface area contributed by atoms with E-state index in [0.29, 0.717) is 51.2 Å². The molecule has 0 spiro atoms. The van der Waals surface area contributed by atoms with Crippen molar-refractivity contribution in [2.24, 2.45) is 0 Å². The molecule has 2 saturated heterocycles. The third kappa shape index (κ3) is 4.65. The first-order valence-electron chi connectivity index (χ1n) is 14.7. The molecule has 4 aromatic rings. The van der Waals surface area contributed by atoms with Gasteiger partial charge in [0.1, 0.15) is 5.65 Å². The van der Waals surface area contributed by atoms with Crippen LogP contribution in [0.3, 0.4) is 0 Å². The zero-order valence-corrected chi connectivity index (χ0v) is 24.3. The van der Waals surface area contributed by atoms with Crippen LogP contribution in [0.2, 0.25) is 0 Å². The Morgan fingerprint density at radius 3 is 2.42 bits per heavy atom. The summed E-state index contributed by atoms with van der Waals surface area (Å²) in [5.74, 6) is -0.312. The number of morpholine rings is 1. The third-order valence-corrected chi connectivity index (χ3v) is 8.40. The summed E-state index contributed by atoms with van der Waals surface area (Å²) in [6.07, 6.45) is 2.62. The van der Waals surface area contributed by atoms with E-state index < -0.39 is 0 Å². The van der Waals surface area contributed by atoms with Crippen molar-refractivity contribution >= 4 is 38.5 Å². The van der Waals surface area contributed by atoms with Gasteiger partial charge in [0.05, 0.1) is 41.4 Å². The van der Waals surface area contributed by atoms with Gasteiger partial charge in [0.15, 0.2) is 11.2 Å². The Labute approximate surface area is 235 Å². The minimum atomic E-state index is -0.312. The van der Waals surface area contributed by atoms with Gasteiger partial charge in [-0.2, -0.15) is 5.26 Å². The molecule has 2 aromatic carbocycles. The molecule has 2 aliphatic heterocycles. The van der Waals surface area contributed by atoms with Crippen molar-refractivity contribution in [1.29, 1.82) is 5.26 Å². The molecular formula is C32H40FN5O2. The van der Waals surface area contributed by atoms with Crippen LogP contribution in [0.15, 0.2) is 29.1 Å². The number of nitriles is 1. The molecule has 0 saturated carbocycles. The molecule has 2 fully saturated rings. The van der Waals surface area contributed by atoms with E-state index >= 15 is 4.39 Å². The maximum Gasteiger partial charge on any atom is 0.199 e. The number of pyridine rings is 1. The monoisotopic (exact) mass is 545 g/mol.